The number of hydrogen-bond acceptors (Lipinski definition) is 4. The van der Waals surface area contributed by atoms with Crippen LogP contribution in [0.5, 0.6) is 0 Å². The summed E-state index contributed by atoms with van der Waals surface area (Å²) in [5, 5.41) is 12.0. The van der Waals surface area contributed by atoms with Crippen LogP contribution in [0.15, 0.2) is 24.3 Å². The monoisotopic (exact) mass is 280 g/mol. The molecule has 1 aliphatic rings. The third-order valence-electron chi connectivity index (χ3n) is 3.45. The van der Waals surface area contributed by atoms with Crippen molar-refractivity contribution in [2.45, 2.75) is 13.3 Å². The summed E-state index contributed by atoms with van der Waals surface area (Å²) in [5.74, 6) is -0.269. The molecular formula is C15H12N4O2. The smallest absolute Gasteiger partial charge is 0.292 e. The van der Waals surface area contributed by atoms with E-state index in [1.54, 1.807) is 18.2 Å². The second kappa shape index (κ2) is 4.87. The van der Waals surface area contributed by atoms with E-state index in [0.29, 0.717) is 23.5 Å². The highest BCUT2D eigenvalue weighted by Gasteiger charge is 2.25. The molecule has 0 spiro atoms. The predicted octanol–water partition coefficient (Wildman–Crippen LogP) is 1.86. The molecule has 3 amide bonds. The van der Waals surface area contributed by atoms with Gasteiger partial charge in [-0.15, -0.1) is 0 Å². The summed E-state index contributed by atoms with van der Waals surface area (Å²) in [7, 11) is 0. The number of pyridine rings is 1. The lowest BCUT2D eigenvalue weighted by Gasteiger charge is -2.27. The van der Waals surface area contributed by atoms with Crippen molar-refractivity contribution in [1.82, 2.24) is 10.3 Å². The maximum Gasteiger partial charge on any atom is 0.328 e. The number of aryl methyl sites for hydroxylation is 1. The minimum Gasteiger partial charge on any atom is -0.292 e. The molecule has 1 aromatic carbocycles. The first kappa shape index (κ1) is 13.1. The molecule has 1 fully saturated rings. The van der Waals surface area contributed by atoms with Gasteiger partial charge in [0.05, 0.1) is 28.5 Å². The number of fused-ring (bicyclic) bond motifs is 1. The van der Waals surface area contributed by atoms with Crippen LogP contribution in [0, 0.1) is 18.3 Å². The SMILES string of the molecule is Cc1nc2ccc(C#N)cc2cc1N1CCC(=O)NC1=O. The number of hydrogen-bond donors (Lipinski definition) is 1. The van der Waals surface area contributed by atoms with Crippen LogP contribution < -0.4 is 10.2 Å². The molecule has 0 aliphatic carbocycles. The van der Waals surface area contributed by atoms with E-state index in [4.69, 9.17) is 5.26 Å². The third kappa shape index (κ3) is 2.30. The highest BCUT2D eigenvalue weighted by Crippen LogP contribution is 2.26. The molecule has 1 aromatic heterocycles. The van der Waals surface area contributed by atoms with Crippen LogP contribution >= 0.6 is 0 Å². The highest BCUT2D eigenvalue weighted by molar-refractivity contribution is 6.06. The maximum atomic E-state index is 11.9. The lowest BCUT2D eigenvalue weighted by Crippen LogP contribution is -2.49. The molecular weight excluding hydrogens is 268 g/mol. The van der Waals surface area contributed by atoms with E-state index in [2.05, 4.69) is 16.4 Å². The fraction of sp³-hybridized carbons (Fsp3) is 0.200. The predicted molar refractivity (Wildman–Crippen MR) is 76.7 cm³/mol. The number of carbonyl (C=O) groups is 2. The summed E-state index contributed by atoms with van der Waals surface area (Å²) in [6.45, 7) is 2.15. The number of carbonyl (C=O) groups excluding carboxylic acids is 2. The zero-order valence-corrected chi connectivity index (χ0v) is 11.4. The van der Waals surface area contributed by atoms with Gasteiger partial charge in [0.15, 0.2) is 0 Å². The molecule has 3 rings (SSSR count). The van der Waals surface area contributed by atoms with Gasteiger partial charge in [0.2, 0.25) is 5.91 Å². The van der Waals surface area contributed by atoms with Gasteiger partial charge < -0.3 is 0 Å². The molecule has 1 N–H and O–H groups in total. The van der Waals surface area contributed by atoms with E-state index >= 15 is 0 Å². The van der Waals surface area contributed by atoms with Gasteiger partial charge in [0.1, 0.15) is 0 Å². The summed E-state index contributed by atoms with van der Waals surface area (Å²) >= 11 is 0. The lowest BCUT2D eigenvalue weighted by atomic mass is 10.1. The first-order valence-electron chi connectivity index (χ1n) is 6.51. The van der Waals surface area contributed by atoms with Gasteiger partial charge in [-0.05, 0) is 31.2 Å². The van der Waals surface area contributed by atoms with Gasteiger partial charge in [-0.25, -0.2) is 4.79 Å². The molecule has 0 bridgehead atoms. The van der Waals surface area contributed by atoms with Crippen LogP contribution in [0.4, 0.5) is 10.5 Å². The minimum absolute atomic E-state index is 0.265. The number of urea groups is 1. The van der Waals surface area contributed by atoms with Crippen molar-refractivity contribution >= 4 is 28.5 Å². The van der Waals surface area contributed by atoms with Crippen molar-refractivity contribution in [2.24, 2.45) is 0 Å². The molecule has 0 radical (unpaired) electrons. The highest BCUT2D eigenvalue weighted by atomic mass is 16.2. The molecule has 21 heavy (non-hydrogen) atoms. The number of nitriles is 1. The van der Waals surface area contributed by atoms with E-state index in [0.717, 1.165) is 10.9 Å². The maximum absolute atomic E-state index is 11.9. The van der Waals surface area contributed by atoms with E-state index in [-0.39, 0.29) is 12.3 Å². The summed E-state index contributed by atoms with van der Waals surface area (Å²) < 4.78 is 0. The van der Waals surface area contributed by atoms with E-state index in [9.17, 15) is 9.59 Å². The molecule has 1 aliphatic heterocycles. The Balaban J connectivity index is 2.10. The molecule has 0 saturated carbocycles. The number of rotatable bonds is 1. The Bertz CT molecular complexity index is 807. The molecule has 0 unspecified atom stereocenters. The van der Waals surface area contributed by atoms with Gasteiger partial charge >= 0.3 is 6.03 Å². The Morgan fingerprint density at radius 1 is 1.33 bits per heavy atom. The first-order chi connectivity index (χ1) is 10.1. The van der Waals surface area contributed by atoms with Gasteiger partial charge in [-0.2, -0.15) is 5.26 Å². The zero-order valence-electron chi connectivity index (χ0n) is 11.4. The Labute approximate surface area is 121 Å². The van der Waals surface area contributed by atoms with Crippen molar-refractivity contribution in [2.75, 3.05) is 11.4 Å². The first-order valence-corrected chi connectivity index (χ1v) is 6.51. The van der Waals surface area contributed by atoms with Crippen LogP contribution in [0.1, 0.15) is 17.7 Å². The third-order valence-corrected chi connectivity index (χ3v) is 3.45. The summed E-state index contributed by atoms with van der Waals surface area (Å²) in [6.07, 6.45) is 0.265. The van der Waals surface area contributed by atoms with Gasteiger partial charge in [0.25, 0.3) is 0 Å². The number of nitrogens with zero attached hydrogens (tertiary/aromatic N) is 3. The van der Waals surface area contributed by atoms with Gasteiger partial charge in [-0.3, -0.25) is 20.0 Å². The van der Waals surface area contributed by atoms with E-state index in [1.807, 2.05) is 13.0 Å². The Hall–Kier alpha value is -2.94. The van der Waals surface area contributed by atoms with Crippen molar-refractivity contribution in [3.63, 3.8) is 0 Å². The van der Waals surface area contributed by atoms with Crippen LogP contribution in [-0.2, 0) is 4.79 Å². The number of aromatic nitrogens is 1. The second-order valence-electron chi connectivity index (χ2n) is 4.87. The number of anilines is 1. The Kier molecular flexibility index (Phi) is 3.03. The minimum atomic E-state index is -0.438. The average Bonchev–Trinajstić information content (AvgIpc) is 2.46. The standard InChI is InChI=1S/C15H12N4O2/c1-9-13(19-5-4-14(20)18-15(19)21)7-11-6-10(8-16)2-3-12(11)17-9/h2-3,6-7H,4-5H2,1H3,(H,18,20,21). The quantitative estimate of drug-likeness (QED) is 0.863. The molecule has 2 heterocycles. The van der Waals surface area contributed by atoms with Crippen LogP contribution in [0.25, 0.3) is 10.9 Å². The normalized spacial score (nSPS) is 15.0. The fourth-order valence-electron chi connectivity index (χ4n) is 2.40. The largest absolute Gasteiger partial charge is 0.328 e. The van der Waals surface area contributed by atoms with Crippen molar-refractivity contribution in [3.8, 4) is 6.07 Å². The number of nitrogens with one attached hydrogen (secondary N) is 1. The van der Waals surface area contributed by atoms with Crippen LogP contribution in [-0.4, -0.2) is 23.5 Å². The Morgan fingerprint density at radius 2 is 2.14 bits per heavy atom. The van der Waals surface area contributed by atoms with Crippen molar-refractivity contribution < 1.29 is 9.59 Å². The summed E-state index contributed by atoms with van der Waals surface area (Å²) in [5.41, 5.74) is 2.67. The fourth-order valence-corrected chi connectivity index (χ4v) is 2.40. The molecule has 0 atom stereocenters. The molecule has 104 valence electrons. The lowest BCUT2D eigenvalue weighted by molar-refractivity contribution is -0.120. The second-order valence-corrected chi connectivity index (χ2v) is 4.87. The summed E-state index contributed by atoms with van der Waals surface area (Å²) in [4.78, 5) is 29.1. The number of amides is 3. The number of imide groups is 1. The van der Waals surface area contributed by atoms with E-state index < -0.39 is 6.03 Å². The molecule has 6 heteroatoms. The Morgan fingerprint density at radius 3 is 2.86 bits per heavy atom. The molecule has 6 nitrogen and oxygen atoms in total. The van der Waals surface area contributed by atoms with Crippen LogP contribution in [0.3, 0.4) is 0 Å². The van der Waals surface area contributed by atoms with Crippen molar-refractivity contribution in [1.29, 1.82) is 5.26 Å². The molecule has 2 aromatic rings. The van der Waals surface area contributed by atoms with Gasteiger partial charge in [0, 0.05) is 18.4 Å². The zero-order chi connectivity index (χ0) is 15.0. The van der Waals surface area contributed by atoms with Gasteiger partial charge in [-0.1, -0.05) is 0 Å². The van der Waals surface area contributed by atoms with Crippen LogP contribution in [0.2, 0.25) is 0 Å². The molecule has 1 saturated heterocycles. The average molecular weight is 280 g/mol. The van der Waals surface area contributed by atoms with E-state index in [1.165, 1.54) is 4.90 Å². The van der Waals surface area contributed by atoms with Crippen molar-refractivity contribution in [3.05, 3.63) is 35.5 Å². The topological polar surface area (TPSA) is 86.1 Å². The summed E-state index contributed by atoms with van der Waals surface area (Å²) in [6, 6.07) is 8.70. The number of benzene rings is 1.